The molecular weight excluding hydrogens is 496 g/mol. The van der Waals surface area contributed by atoms with E-state index >= 15 is 0 Å². The predicted octanol–water partition coefficient (Wildman–Crippen LogP) is 6.88. The van der Waals surface area contributed by atoms with Crippen LogP contribution in [0.15, 0.2) is 133 Å². The molecule has 3 heterocycles. The van der Waals surface area contributed by atoms with Crippen LogP contribution >= 0.6 is 15.9 Å². The molecule has 5 heteroatoms. The maximum Gasteiger partial charge on any atom is 0.130 e. The number of nitrogens with zero attached hydrogens (tertiary/aromatic N) is 4. The lowest BCUT2D eigenvalue weighted by Crippen LogP contribution is -2.38. The Kier molecular flexibility index (Phi) is 5.55. The number of imidazole rings is 1. The van der Waals surface area contributed by atoms with Crippen molar-refractivity contribution in [2.45, 2.75) is 12.1 Å². The van der Waals surface area contributed by atoms with Gasteiger partial charge in [-0.25, -0.2) is 9.97 Å². The minimum Gasteiger partial charge on any atom is -0.340 e. The summed E-state index contributed by atoms with van der Waals surface area (Å²) in [7, 11) is 0. The van der Waals surface area contributed by atoms with Crippen LogP contribution in [0.3, 0.4) is 0 Å². The number of pyridine rings is 1. The molecule has 6 rings (SSSR count). The summed E-state index contributed by atoms with van der Waals surface area (Å²) in [6.07, 6.45) is 7.94. The van der Waals surface area contributed by atoms with E-state index in [0.717, 1.165) is 21.3 Å². The minimum atomic E-state index is -0.583. The van der Waals surface area contributed by atoms with Crippen molar-refractivity contribution in [1.29, 1.82) is 0 Å². The van der Waals surface area contributed by atoms with Crippen LogP contribution in [-0.2, 0) is 12.1 Å². The molecule has 0 atom stereocenters. The number of halogens is 1. The quantitative estimate of drug-likeness (QED) is 0.178. The summed E-state index contributed by atoms with van der Waals surface area (Å²) in [6, 6.07) is 36.2. The van der Waals surface area contributed by atoms with Crippen molar-refractivity contribution in [1.82, 2.24) is 19.1 Å². The highest BCUT2D eigenvalue weighted by Gasteiger charge is 2.39. The second-order valence-corrected chi connectivity index (χ2v) is 9.25. The van der Waals surface area contributed by atoms with Crippen LogP contribution in [0, 0.1) is 0 Å². The van der Waals surface area contributed by atoms with Gasteiger partial charge >= 0.3 is 0 Å². The Labute approximate surface area is 212 Å². The molecule has 0 N–H and O–H groups in total. The topological polar surface area (TPSA) is 35.6 Å². The fourth-order valence-corrected chi connectivity index (χ4v) is 5.54. The fraction of sp³-hybridized carbons (Fsp3) is 0.0667. The van der Waals surface area contributed by atoms with Gasteiger partial charge in [-0.1, -0.05) is 91.0 Å². The van der Waals surface area contributed by atoms with Crippen LogP contribution in [0.4, 0.5) is 0 Å². The molecule has 0 saturated carbocycles. The predicted molar refractivity (Wildman–Crippen MR) is 143 cm³/mol. The van der Waals surface area contributed by atoms with Crippen molar-refractivity contribution >= 4 is 26.8 Å². The van der Waals surface area contributed by atoms with Gasteiger partial charge in [-0.2, -0.15) is 0 Å². The summed E-state index contributed by atoms with van der Waals surface area (Å²) < 4.78 is 5.41. The smallest absolute Gasteiger partial charge is 0.130 e. The fourth-order valence-electron chi connectivity index (χ4n) is 5.09. The lowest BCUT2D eigenvalue weighted by atomic mass is 9.76. The van der Waals surface area contributed by atoms with E-state index < -0.39 is 5.54 Å². The first-order chi connectivity index (χ1) is 17.3. The number of aromatic nitrogens is 4. The molecule has 0 aliphatic carbocycles. The second kappa shape index (κ2) is 9.01. The van der Waals surface area contributed by atoms with Crippen molar-refractivity contribution < 1.29 is 0 Å². The maximum absolute atomic E-state index is 4.88. The monoisotopic (exact) mass is 518 g/mol. The minimum absolute atomic E-state index is 0.583. The summed E-state index contributed by atoms with van der Waals surface area (Å²) in [5.74, 6) is 0.965. The molecule has 0 amide bonds. The highest BCUT2D eigenvalue weighted by atomic mass is 79.9. The third-order valence-corrected chi connectivity index (χ3v) is 7.25. The summed E-state index contributed by atoms with van der Waals surface area (Å²) in [5, 5.41) is 1.09. The van der Waals surface area contributed by atoms with Gasteiger partial charge in [-0.15, -0.1) is 0 Å². The molecule has 3 aromatic heterocycles. The normalized spacial score (nSPS) is 11.7. The summed E-state index contributed by atoms with van der Waals surface area (Å²) in [5.41, 5.74) is 4.08. The van der Waals surface area contributed by atoms with Crippen LogP contribution in [0.2, 0.25) is 0 Å². The molecule has 0 aliphatic heterocycles. The summed E-state index contributed by atoms with van der Waals surface area (Å²) in [6.45, 7) is 0.626. The van der Waals surface area contributed by atoms with Crippen LogP contribution in [0.1, 0.15) is 22.5 Å². The molecule has 0 aliphatic rings. The Morgan fingerprint density at radius 1 is 0.629 bits per heavy atom. The zero-order chi connectivity index (χ0) is 23.7. The van der Waals surface area contributed by atoms with E-state index in [1.165, 1.54) is 16.7 Å². The van der Waals surface area contributed by atoms with Gasteiger partial charge in [-0.3, -0.25) is 0 Å². The lowest BCUT2D eigenvalue weighted by Gasteiger charge is -2.38. The Balaban J connectivity index is 1.61. The average molecular weight is 519 g/mol. The molecule has 170 valence electrons. The Hall–Kier alpha value is -3.96. The highest BCUT2D eigenvalue weighted by molar-refractivity contribution is 9.10. The number of rotatable bonds is 6. The van der Waals surface area contributed by atoms with Crippen molar-refractivity contribution in [2.24, 2.45) is 0 Å². The number of benzene rings is 3. The molecule has 0 bridgehead atoms. The molecule has 0 unspecified atom stereocenters. The zero-order valence-corrected chi connectivity index (χ0v) is 20.6. The molecule has 0 spiro atoms. The third kappa shape index (κ3) is 3.60. The van der Waals surface area contributed by atoms with E-state index in [1.54, 1.807) is 0 Å². The standard InChI is InChI=1S/C30H23BrN4/c31-29-26-17-20-34(27(26)16-18-33-29)22-28-32-19-21-35(28)30(23-10-4-1-5-11-23,24-12-6-2-7-13-24)25-14-8-3-9-15-25/h1-21H,22H2. The first kappa shape index (κ1) is 21.6. The van der Waals surface area contributed by atoms with Gasteiger partial charge in [0.2, 0.25) is 0 Å². The molecule has 6 aromatic rings. The van der Waals surface area contributed by atoms with Gasteiger partial charge in [0.25, 0.3) is 0 Å². The molecule has 0 radical (unpaired) electrons. The van der Waals surface area contributed by atoms with Crippen LogP contribution in [0.5, 0.6) is 0 Å². The van der Waals surface area contributed by atoms with Crippen molar-refractivity contribution in [3.63, 3.8) is 0 Å². The number of fused-ring (bicyclic) bond motifs is 1. The van der Waals surface area contributed by atoms with Gasteiger partial charge in [-0.05, 0) is 44.8 Å². The lowest BCUT2D eigenvalue weighted by molar-refractivity contribution is 0.486. The van der Waals surface area contributed by atoms with Crippen LogP contribution in [0.25, 0.3) is 10.9 Å². The van der Waals surface area contributed by atoms with E-state index in [1.807, 2.05) is 18.5 Å². The first-order valence-electron chi connectivity index (χ1n) is 11.6. The number of hydrogen-bond acceptors (Lipinski definition) is 2. The average Bonchev–Trinajstić information content (AvgIpc) is 3.55. The Morgan fingerprint density at radius 3 is 1.77 bits per heavy atom. The van der Waals surface area contributed by atoms with Gasteiger partial charge in [0.05, 0.1) is 12.1 Å². The van der Waals surface area contributed by atoms with Crippen LogP contribution < -0.4 is 0 Å². The molecule has 35 heavy (non-hydrogen) atoms. The Morgan fingerprint density at radius 2 is 1.20 bits per heavy atom. The van der Waals surface area contributed by atoms with E-state index in [9.17, 15) is 0 Å². The van der Waals surface area contributed by atoms with Crippen LogP contribution in [-0.4, -0.2) is 19.1 Å². The third-order valence-electron chi connectivity index (χ3n) is 6.61. The molecule has 0 fully saturated rings. The Bertz CT molecular complexity index is 1470. The second-order valence-electron chi connectivity index (χ2n) is 8.50. The van der Waals surface area contributed by atoms with E-state index in [0.29, 0.717) is 6.54 Å². The van der Waals surface area contributed by atoms with E-state index in [4.69, 9.17) is 4.98 Å². The molecule has 4 nitrogen and oxygen atoms in total. The van der Waals surface area contributed by atoms with Gasteiger partial charge in [0.1, 0.15) is 16.0 Å². The summed E-state index contributed by atoms with van der Waals surface area (Å²) >= 11 is 3.58. The van der Waals surface area contributed by atoms with E-state index in [-0.39, 0.29) is 0 Å². The van der Waals surface area contributed by atoms with Gasteiger partial charge in [0, 0.05) is 30.2 Å². The van der Waals surface area contributed by atoms with E-state index in [2.05, 4.69) is 140 Å². The van der Waals surface area contributed by atoms with Gasteiger partial charge < -0.3 is 9.13 Å². The highest BCUT2D eigenvalue weighted by Crippen LogP contribution is 2.41. The molecule has 0 saturated heterocycles. The zero-order valence-electron chi connectivity index (χ0n) is 19.0. The number of hydrogen-bond donors (Lipinski definition) is 0. The summed E-state index contributed by atoms with van der Waals surface area (Å²) in [4.78, 5) is 9.25. The largest absolute Gasteiger partial charge is 0.340 e. The van der Waals surface area contributed by atoms with Crippen molar-refractivity contribution in [2.75, 3.05) is 0 Å². The van der Waals surface area contributed by atoms with Crippen molar-refractivity contribution in [3.8, 4) is 0 Å². The molecular formula is C30H23BrN4. The first-order valence-corrected chi connectivity index (χ1v) is 12.4. The van der Waals surface area contributed by atoms with Crippen molar-refractivity contribution in [3.05, 3.63) is 155 Å². The van der Waals surface area contributed by atoms with Gasteiger partial charge in [0.15, 0.2) is 0 Å². The maximum atomic E-state index is 4.88. The SMILES string of the molecule is Brc1nccc2c1ccn2Cc1nccn1C(c1ccccc1)(c1ccccc1)c1ccccc1. The molecule has 3 aromatic carbocycles.